The molecule has 1 saturated heterocycles. The van der Waals surface area contributed by atoms with Crippen LogP contribution in [0.1, 0.15) is 38.7 Å². The number of carbonyl (C=O) groups is 1. The predicted molar refractivity (Wildman–Crippen MR) is 79.3 cm³/mol. The van der Waals surface area contributed by atoms with E-state index in [0.717, 1.165) is 44.5 Å². The van der Waals surface area contributed by atoms with Crippen LogP contribution in [0.4, 0.5) is 5.69 Å². The fourth-order valence-corrected chi connectivity index (χ4v) is 2.58. The summed E-state index contributed by atoms with van der Waals surface area (Å²) in [7, 11) is 0. The molecule has 1 aliphatic heterocycles. The molecule has 1 fully saturated rings. The minimum absolute atomic E-state index is 0.143. The number of nitrogens with zero attached hydrogens (tertiary/aromatic N) is 1. The third kappa shape index (κ3) is 3.72. The minimum atomic E-state index is -0.143. The molecule has 104 valence electrons. The Hall–Kier alpha value is -1.51. The summed E-state index contributed by atoms with van der Waals surface area (Å²) in [6.07, 6.45) is 4.56. The number of nitrogens with one attached hydrogen (secondary N) is 1. The molecule has 0 spiro atoms. The molecule has 0 aliphatic carbocycles. The van der Waals surface area contributed by atoms with Crippen LogP contribution in [0.5, 0.6) is 0 Å². The van der Waals surface area contributed by atoms with Crippen LogP contribution in [-0.4, -0.2) is 29.9 Å². The molecule has 19 heavy (non-hydrogen) atoms. The number of rotatable bonds is 5. The van der Waals surface area contributed by atoms with Gasteiger partial charge in [0.1, 0.15) is 6.04 Å². The lowest BCUT2D eigenvalue weighted by Crippen LogP contribution is -2.39. The molecule has 2 rings (SSSR count). The Balaban J connectivity index is 1.90. The Morgan fingerprint density at radius 2 is 1.89 bits per heavy atom. The largest absolute Gasteiger partial charge is 0.374 e. The fraction of sp³-hybridized carbons (Fsp3) is 0.562. The predicted octanol–water partition coefficient (Wildman–Crippen LogP) is 3.06. The first-order valence-corrected chi connectivity index (χ1v) is 7.35. The summed E-state index contributed by atoms with van der Waals surface area (Å²) in [5.74, 6) is 0.218. The average molecular weight is 260 g/mol. The Kier molecular flexibility index (Phi) is 4.83. The highest BCUT2D eigenvalue weighted by atomic mass is 16.2. The maximum atomic E-state index is 12.2. The van der Waals surface area contributed by atoms with Gasteiger partial charge in [0.15, 0.2) is 0 Å². The third-order valence-electron chi connectivity index (χ3n) is 3.66. The zero-order chi connectivity index (χ0) is 13.7. The van der Waals surface area contributed by atoms with Gasteiger partial charge in [0.2, 0.25) is 5.91 Å². The van der Waals surface area contributed by atoms with Crippen molar-refractivity contribution in [3.63, 3.8) is 0 Å². The fourth-order valence-electron chi connectivity index (χ4n) is 2.58. The van der Waals surface area contributed by atoms with Crippen molar-refractivity contribution in [1.82, 2.24) is 4.90 Å². The van der Waals surface area contributed by atoms with Gasteiger partial charge in [0, 0.05) is 18.8 Å². The lowest BCUT2D eigenvalue weighted by atomic mass is 10.1. The lowest BCUT2D eigenvalue weighted by molar-refractivity contribution is -0.130. The van der Waals surface area contributed by atoms with Crippen LogP contribution in [0.25, 0.3) is 0 Å². The zero-order valence-electron chi connectivity index (χ0n) is 12.0. The number of hydrogen-bond donors (Lipinski definition) is 1. The molecular weight excluding hydrogens is 236 g/mol. The zero-order valence-corrected chi connectivity index (χ0v) is 12.0. The molecular formula is C16H24N2O. The van der Waals surface area contributed by atoms with Crippen molar-refractivity contribution in [1.29, 1.82) is 0 Å². The third-order valence-corrected chi connectivity index (χ3v) is 3.66. The van der Waals surface area contributed by atoms with Crippen molar-refractivity contribution in [2.45, 2.75) is 45.6 Å². The van der Waals surface area contributed by atoms with Crippen molar-refractivity contribution in [2.75, 3.05) is 18.4 Å². The van der Waals surface area contributed by atoms with Crippen molar-refractivity contribution < 1.29 is 4.79 Å². The van der Waals surface area contributed by atoms with E-state index >= 15 is 0 Å². The maximum absolute atomic E-state index is 12.2. The molecule has 0 aromatic heterocycles. The summed E-state index contributed by atoms with van der Waals surface area (Å²) < 4.78 is 0. The number of aryl methyl sites for hydroxylation is 1. The van der Waals surface area contributed by atoms with Gasteiger partial charge in [0.25, 0.3) is 0 Å². The lowest BCUT2D eigenvalue weighted by Gasteiger charge is -2.22. The van der Waals surface area contributed by atoms with Crippen molar-refractivity contribution >= 4 is 11.6 Å². The van der Waals surface area contributed by atoms with Crippen LogP contribution in [0.2, 0.25) is 0 Å². The topological polar surface area (TPSA) is 32.3 Å². The summed E-state index contributed by atoms with van der Waals surface area (Å²) in [5, 5.41) is 3.30. The van der Waals surface area contributed by atoms with Crippen molar-refractivity contribution in [3.8, 4) is 0 Å². The standard InChI is InChI=1S/C16H24N2O/c1-3-6-14-7-9-15(10-8-14)17-13(2)16(19)18-11-4-5-12-18/h7-10,13,17H,3-6,11-12H2,1-2H3. The van der Waals surface area contributed by atoms with E-state index in [0.29, 0.717) is 0 Å². The van der Waals surface area contributed by atoms with Gasteiger partial charge in [-0.05, 0) is 43.9 Å². The summed E-state index contributed by atoms with van der Waals surface area (Å²) in [6, 6.07) is 8.27. The summed E-state index contributed by atoms with van der Waals surface area (Å²) in [5.41, 5.74) is 2.38. The highest BCUT2D eigenvalue weighted by molar-refractivity contribution is 5.84. The molecule has 1 N–H and O–H groups in total. The smallest absolute Gasteiger partial charge is 0.244 e. The van der Waals surface area contributed by atoms with Crippen molar-refractivity contribution in [2.24, 2.45) is 0 Å². The molecule has 1 heterocycles. The van der Waals surface area contributed by atoms with Gasteiger partial charge in [-0.2, -0.15) is 0 Å². The van der Waals surface area contributed by atoms with E-state index in [2.05, 4.69) is 36.5 Å². The first-order valence-electron chi connectivity index (χ1n) is 7.35. The molecule has 1 aromatic rings. The van der Waals surface area contributed by atoms with E-state index in [1.165, 1.54) is 5.56 Å². The molecule has 1 atom stereocenters. The van der Waals surface area contributed by atoms with Crippen molar-refractivity contribution in [3.05, 3.63) is 29.8 Å². The Labute approximate surface area is 116 Å². The molecule has 1 amide bonds. The van der Waals surface area contributed by atoms with Gasteiger partial charge in [0.05, 0.1) is 0 Å². The first kappa shape index (κ1) is 13.9. The molecule has 0 saturated carbocycles. The first-order chi connectivity index (χ1) is 9.20. The highest BCUT2D eigenvalue weighted by Crippen LogP contribution is 2.14. The second kappa shape index (κ2) is 6.60. The summed E-state index contributed by atoms with van der Waals surface area (Å²) >= 11 is 0. The van der Waals surface area contributed by atoms with Crippen LogP contribution in [-0.2, 0) is 11.2 Å². The number of likely N-dealkylation sites (tertiary alicyclic amines) is 1. The summed E-state index contributed by atoms with van der Waals surface area (Å²) in [4.78, 5) is 14.1. The normalized spacial score (nSPS) is 16.4. The molecule has 3 nitrogen and oxygen atoms in total. The molecule has 0 radical (unpaired) electrons. The van der Waals surface area contributed by atoms with Gasteiger partial charge in [-0.1, -0.05) is 25.5 Å². The second-order valence-electron chi connectivity index (χ2n) is 5.35. The maximum Gasteiger partial charge on any atom is 0.244 e. The summed E-state index contributed by atoms with van der Waals surface area (Å²) in [6.45, 7) is 5.96. The molecule has 0 bridgehead atoms. The molecule has 1 aromatic carbocycles. The van der Waals surface area contributed by atoms with E-state index in [1.807, 2.05) is 11.8 Å². The molecule has 1 aliphatic rings. The van der Waals surface area contributed by atoms with E-state index < -0.39 is 0 Å². The number of amides is 1. The number of anilines is 1. The Morgan fingerprint density at radius 3 is 2.47 bits per heavy atom. The highest BCUT2D eigenvalue weighted by Gasteiger charge is 2.22. The van der Waals surface area contributed by atoms with Gasteiger partial charge >= 0.3 is 0 Å². The Bertz CT molecular complexity index is 407. The molecule has 1 unspecified atom stereocenters. The van der Waals surface area contributed by atoms with E-state index in [4.69, 9.17) is 0 Å². The van der Waals surface area contributed by atoms with Gasteiger partial charge < -0.3 is 10.2 Å². The number of hydrogen-bond acceptors (Lipinski definition) is 2. The van der Waals surface area contributed by atoms with Crippen LogP contribution in [0, 0.1) is 0 Å². The minimum Gasteiger partial charge on any atom is -0.374 e. The van der Waals surface area contributed by atoms with E-state index in [1.54, 1.807) is 0 Å². The molecule has 3 heteroatoms. The quantitative estimate of drug-likeness (QED) is 0.882. The average Bonchev–Trinajstić information content (AvgIpc) is 2.94. The van der Waals surface area contributed by atoms with Gasteiger partial charge in [-0.25, -0.2) is 0 Å². The van der Waals surface area contributed by atoms with Crippen LogP contribution in [0.3, 0.4) is 0 Å². The number of carbonyl (C=O) groups excluding carboxylic acids is 1. The SMILES string of the molecule is CCCc1ccc(NC(C)C(=O)N2CCCC2)cc1. The van der Waals surface area contributed by atoms with E-state index in [9.17, 15) is 4.79 Å². The van der Waals surface area contributed by atoms with E-state index in [-0.39, 0.29) is 11.9 Å². The Morgan fingerprint density at radius 1 is 1.26 bits per heavy atom. The van der Waals surface area contributed by atoms with Crippen LogP contribution >= 0.6 is 0 Å². The second-order valence-corrected chi connectivity index (χ2v) is 5.35. The number of benzene rings is 1. The van der Waals surface area contributed by atoms with Gasteiger partial charge in [-0.3, -0.25) is 4.79 Å². The van der Waals surface area contributed by atoms with Crippen LogP contribution < -0.4 is 5.32 Å². The monoisotopic (exact) mass is 260 g/mol. The van der Waals surface area contributed by atoms with Crippen LogP contribution in [0.15, 0.2) is 24.3 Å². The van der Waals surface area contributed by atoms with Gasteiger partial charge in [-0.15, -0.1) is 0 Å².